The number of anilines is 2. The monoisotopic (exact) mass is 236 g/mol. The van der Waals surface area contributed by atoms with E-state index in [0.29, 0.717) is 16.8 Å². The zero-order valence-corrected chi connectivity index (χ0v) is 10.2. The van der Waals surface area contributed by atoms with Gasteiger partial charge in [0.15, 0.2) is 5.82 Å². The molecule has 2 rings (SSSR count). The van der Waals surface area contributed by atoms with Gasteiger partial charge in [-0.25, -0.2) is 0 Å². The molecule has 1 aliphatic rings. The number of nitrogens with zero attached hydrogens (tertiary/aromatic N) is 2. The van der Waals surface area contributed by atoms with Gasteiger partial charge in [-0.2, -0.15) is 9.64 Å². The van der Waals surface area contributed by atoms with Crippen LogP contribution in [0.1, 0.15) is 38.2 Å². The van der Waals surface area contributed by atoms with Crippen LogP contribution in [0.4, 0.5) is 10.8 Å². The van der Waals surface area contributed by atoms with E-state index in [0.717, 1.165) is 11.5 Å². The van der Waals surface area contributed by atoms with Gasteiger partial charge in [-0.15, -0.1) is 0 Å². The molecule has 0 atom stereocenters. The smallest absolute Gasteiger partial charge is 0.157 e. The van der Waals surface area contributed by atoms with E-state index in [4.69, 9.17) is 11.0 Å². The summed E-state index contributed by atoms with van der Waals surface area (Å²) in [4.78, 5) is 0. The maximum atomic E-state index is 8.94. The highest BCUT2D eigenvalue weighted by atomic mass is 32.1. The van der Waals surface area contributed by atoms with Crippen LogP contribution >= 0.6 is 11.5 Å². The summed E-state index contributed by atoms with van der Waals surface area (Å²) < 4.78 is 3.99. The Morgan fingerprint density at radius 3 is 2.88 bits per heavy atom. The van der Waals surface area contributed by atoms with Gasteiger partial charge in [-0.1, -0.05) is 19.8 Å². The summed E-state index contributed by atoms with van der Waals surface area (Å²) in [6.07, 6.45) is 5.15. The van der Waals surface area contributed by atoms with Crippen LogP contribution < -0.4 is 11.1 Å². The molecule has 0 aromatic carbocycles. The van der Waals surface area contributed by atoms with Crippen molar-refractivity contribution in [3.8, 4) is 6.07 Å². The van der Waals surface area contributed by atoms with Crippen molar-refractivity contribution in [1.29, 1.82) is 5.26 Å². The van der Waals surface area contributed by atoms with Crippen LogP contribution in [0.3, 0.4) is 0 Å². The molecule has 0 saturated heterocycles. The molecule has 1 fully saturated rings. The minimum absolute atomic E-state index is 0.339. The minimum Gasteiger partial charge on any atom is -0.382 e. The van der Waals surface area contributed by atoms with Crippen LogP contribution in [0.5, 0.6) is 0 Å². The first-order chi connectivity index (χ1) is 7.64. The van der Waals surface area contributed by atoms with Crippen molar-refractivity contribution in [3.05, 3.63) is 5.56 Å². The first-order valence-corrected chi connectivity index (χ1v) is 6.31. The lowest BCUT2D eigenvalue weighted by molar-refractivity contribution is 0.362. The summed E-state index contributed by atoms with van der Waals surface area (Å²) in [5.74, 6) is 0.339. The van der Waals surface area contributed by atoms with Gasteiger partial charge in [0.05, 0.1) is 0 Å². The average molecular weight is 236 g/mol. The van der Waals surface area contributed by atoms with E-state index in [9.17, 15) is 0 Å². The largest absolute Gasteiger partial charge is 0.382 e. The van der Waals surface area contributed by atoms with Gasteiger partial charge < -0.3 is 11.1 Å². The maximum absolute atomic E-state index is 8.94. The average Bonchev–Trinajstić information content (AvgIpc) is 2.83. The van der Waals surface area contributed by atoms with Crippen molar-refractivity contribution in [2.75, 3.05) is 17.6 Å². The minimum atomic E-state index is 0.339. The van der Waals surface area contributed by atoms with E-state index in [1.54, 1.807) is 0 Å². The van der Waals surface area contributed by atoms with E-state index in [2.05, 4.69) is 22.7 Å². The van der Waals surface area contributed by atoms with Gasteiger partial charge in [0.2, 0.25) is 0 Å². The molecule has 3 N–H and O–H groups in total. The van der Waals surface area contributed by atoms with E-state index in [1.165, 1.54) is 37.2 Å². The highest BCUT2D eigenvalue weighted by Gasteiger charge is 2.28. The number of hydrogen-bond acceptors (Lipinski definition) is 5. The van der Waals surface area contributed by atoms with E-state index >= 15 is 0 Å². The molecule has 1 aliphatic carbocycles. The fourth-order valence-electron chi connectivity index (χ4n) is 2.23. The first kappa shape index (κ1) is 11.2. The number of nitriles is 1. The van der Waals surface area contributed by atoms with Crippen LogP contribution in [-0.4, -0.2) is 10.9 Å². The Kier molecular flexibility index (Phi) is 3.01. The summed E-state index contributed by atoms with van der Waals surface area (Å²) in [7, 11) is 0. The van der Waals surface area contributed by atoms with Crippen LogP contribution in [0, 0.1) is 16.7 Å². The van der Waals surface area contributed by atoms with Gasteiger partial charge in [0.25, 0.3) is 0 Å². The standard InChI is InChI=1S/C11H16N4S/c1-11(4-2-3-5-11)7-14-10-8(6-12)9(13)15-16-10/h14H,2-5,7H2,1H3,(H2,13,15). The molecule has 1 saturated carbocycles. The van der Waals surface area contributed by atoms with Crippen molar-refractivity contribution < 1.29 is 0 Å². The fourth-order valence-corrected chi connectivity index (χ4v) is 2.89. The molecule has 0 radical (unpaired) electrons. The molecule has 0 amide bonds. The maximum Gasteiger partial charge on any atom is 0.157 e. The van der Waals surface area contributed by atoms with Gasteiger partial charge in [0, 0.05) is 6.54 Å². The highest BCUT2D eigenvalue weighted by molar-refractivity contribution is 7.10. The van der Waals surface area contributed by atoms with Crippen molar-refractivity contribution in [3.63, 3.8) is 0 Å². The lowest BCUT2D eigenvalue weighted by Crippen LogP contribution is -2.22. The first-order valence-electron chi connectivity index (χ1n) is 5.54. The Hall–Kier alpha value is -1.28. The molecule has 0 aliphatic heterocycles. The quantitative estimate of drug-likeness (QED) is 0.845. The number of hydrogen-bond donors (Lipinski definition) is 2. The second-order valence-electron chi connectivity index (χ2n) is 4.76. The van der Waals surface area contributed by atoms with E-state index < -0.39 is 0 Å². The van der Waals surface area contributed by atoms with E-state index in [1.807, 2.05) is 0 Å². The van der Waals surface area contributed by atoms with Gasteiger partial charge >= 0.3 is 0 Å². The number of aromatic nitrogens is 1. The molecule has 1 aromatic rings. The molecule has 0 bridgehead atoms. The molecule has 16 heavy (non-hydrogen) atoms. The van der Waals surface area contributed by atoms with Crippen molar-refractivity contribution in [2.24, 2.45) is 5.41 Å². The molecule has 0 unspecified atom stereocenters. The van der Waals surface area contributed by atoms with Crippen molar-refractivity contribution in [2.45, 2.75) is 32.6 Å². The van der Waals surface area contributed by atoms with Crippen LogP contribution in [0.25, 0.3) is 0 Å². The van der Waals surface area contributed by atoms with Gasteiger partial charge in [-0.05, 0) is 29.8 Å². The van der Waals surface area contributed by atoms with Crippen LogP contribution in [0.15, 0.2) is 0 Å². The van der Waals surface area contributed by atoms with Crippen molar-refractivity contribution >= 4 is 22.4 Å². The lowest BCUT2D eigenvalue weighted by Gasteiger charge is -2.23. The number of nitrogen functional groups attached to an aromatic ring is 1. The van der Waals surface area contributed by atoms with Gasteiger partial charge in [0.1, 0.15) is 16.6 Å². The summed E-state index contributed by atoms with van der Waals surface area (Å²) in [5, 5.41) is 13.1. The third-order valence-electron chi connectivity index (χ3n) is 3.32. The van der Waals surface area contributed by atoms with Gasteiger partial charge in [-0.3, -0.25) is 0 Å². The second-order valence-corrected chi connectivity index (χ2v) is 5.53. The second kappa shape index (κ2) is 4.30. The Balaban J connectivity index is 2.02. The Morgan fingerprint density at radius 2 is 2.25 bits per heavy atom. The topological polar surface area (TPSA) is 74.7 Å². The third-order valence-corrected chi connectivity index (χ3v) is 4.14. The lowest BCUT2D eigenvalue weighted by atomic mass is 9.89. The molecule has 1 aromatic heterocycles. The summed E-state index contributed by atoms with van der Waals surface area (Å²) in [6.45, 7) is 3.20. The molecule has 0 spiro atoms. The Bertz CT molecular complexity index is 412. The third kappa shape index (κ3) is 2.12. The summed E-state index contributed by atoms with van der Waals surface area (Å²) in [6, 6.07) is 2.09. The molecule has 5 heteroatoms. The van der Waals surface area contributed by atoms with E-state index in [-0.39, 0.29) is 0 Å². The van der Waals surface area contributed by atoms with Crippen molar-refractivity contribution in [1.82, 2.24) is 4.37 Å². The number of rotatable bonds is 3. The molecule has 4 nitrogen and oxygen atoms in total. The Morgan fingerprint density at radius 1 is 1.56 bits per heavy atom. The summed E-state index contributed by atoms with van der Waals surface area (Å²) in [5.41, 5.74) is 6.46. The Labute approximate surface area is 99.6 Å². The number of nitrogens with one attached hydrogen (secondary N) is 1. The molecule has 86 valence electrons. The number of nitrogens with two attached hydrogens (primary N) is 1. The zero-order valence-electron chi connectivity index (χ0n) is 9.42. The van der Waals surface area contributed by atoms with Crippen LogP contribution in [-0.2, 0) is 0 Å². The van der Waals surface area contributed by atoms with Crippen LogP contribution in [0.2, 0.25) is 0 Å². The molecular weight excluding hydrogens is 220 g/mol. The summed E-state index contributed by atoms with van der Waals surface area (Å²) >= 11 is 1.27. The zero-order chi connectivity index (χ0) is 11.6. The SMILES string of the molecule is CC1(CNc2snc(N)c2C#N)CCCC1. The predicted molar refractivity (Wildman–Crippen MR) is 66.3 cm³/mol. The molecule has 1 heterocycles. The fraction of sp³-hybridized carbons (Fsp3) is 0.636. The molecular formula is C11H16N4S. The highest BCUT2D eigenvalue weighted by Crippen LogP contribution is 2.38. The predicted octanol–water partition coefficient (Wildman–Crippen LogP) is 2.59. The normalized spacial score (nSPS) is 18.2.